The molecular weight excluding hydrogens is 198 g/mol. The third kappa shape index (κ3) is 9.52. The first kappa shape index (κ1) is 15.9. The fourth-order valence-electron chi connectivity index (χ4n) is 0.725. The molecule has 0 bridgehead atoms. The van der Waals surface area contributed by atoms with Crippen molar-refractivity contribution < 1.29 is 5.11 Å². The summed E-state index contributed by atoms with van der Waals surface area (Å²) in [5.41, 5.74) is 1.18. The first-order valence-corrected chi connectivity index (χ1v) is 5.09. The Kier molecular flexibility index (Phi) is 14.1. The topological polar surface area (TPSA) is 55.2 Å². The molecule has 0 saturated heterocycles. The summed E-state index contributed by atoms with van der Waals surface area (Å²) in [6, 6.07) is 9.96. The maximum atomic E-state index is 8.07. The van der Waals surface area contributed by atoms with Crippen LogP contribution in [-0.4, -0.2) is 11.7 Å². The minimum Gasteiger partial charge on any atom is -0.396 e. The van der Waals surface area contributed by atoms with E-state index >= 15 is 0 Å². The molecule has 3 heteroatoms. The molecular formula is C11H20ClNO. The maximum Gasteiger partial charge on any atom is 0.0474 e. The van der Waals surface area contributed by atoms with Gasteiger partial charge in [-0.3, -0.25) is 0 Å². The second-order valence-corrected chi connectivity index (χ2v) is 2.96. The number of benzene rings is 1. The van der Waals surface area contributed by atoms with Crippen molar-refractivity contribution >= 4 is 11.6 Å². The molecule has 1 aromatic carbocycles. The Morgan fingerprint density at radius 2 is 1.79 bits per heavy atom. The standard InChI is InChI=1S/C7H7Cl.C4H10O.H3N/c8-6-7-4-2-1-3-5-7;1-2-3-4-5;/h1-5H,6H2;5H,2-4H2,1H3;1H3. The van der Waals surface area contributed by atoms with E-state index in [1.54, 1.807) is 0 Å². The lowest BCUT2D eigenvalue weighted by Crippen LogP contribution is -1.75. The molecule has 4 N–H and O–H groups in total. The molecule has 0 spiro atoms. The molecule has 1 aromatic rings. The summed E-state index contributed by atoms with van der Waals surface area (Å²) in [6.45, 7) is 2.40. The van der Waals surface area contributed by atoms with E-state index in [9.17, 15) is 0 Å². The molecule has 0 atom stereocenters. The molecule has 2 nitrogen and oxygen atoms in total. The zero-order valence-corrected chi connectivity index (χ0v) is 9.50. The molecule has 0 fully saturated rings. The molecule has 82 valence electrons. The van der Waals surface area contributed by atoms with Crippen LogP contribution >= 0.6 is 11.6 Å². The monoisotopic (exact) mass is 217 g/mol. The summed E-state index contributed by atoms with van der Waals surface area (Å²) in [4.78, 5) is 0. The molecule has 14 heavy (non-hydrogen) atoms. The third-order valence-electron chi connectivity index (χ3n) is 1.51. The van der Waals surface area contributed by atoms with E-state index in [1.165, 1.54) is 5.56 Å². The van der Waals surface area contributed by atoms with Crippen molar-refractivity contribution in [3.05, 3.63) is 35.9 Å². The Labute approximate surface area is 91.5 Å². The van der Waals surface area contributed by atoms with E-state index in [4.69, 9.17) is 16.7 Å². The van der Waals surface area contributed by atoms with Gasteiger partial charge in [0.2, 0.25) is 0 Å². The van der Waals surface area contributed by atoms with Crippen molar-refractivity contribution in [3.63, 3.8) is 0 Å². The third-order valence-corrected chi connectivity index (χ3v) is 1.82. The number of halogens is 1. The van der Waals surface area contributed by atoms with Crippen molar-refractivity contribution in [2.24, 2.45) is 0 Å². The SMILES string of the molecule is CCCCO.ClCc1ccccc1.N. The molecule has 0 unspecified atom stereocenters. The van der Waals surface area contributed by atoms with E-state index in [0.717, 1.165) is 12.8 Å². The molecule has 0 aliphatic rings. The number of alkyl halides is 1. The van der Waals surface area contributed by atoms with E-state index in [0.29, 0.717) is 12.5 Å². The van der Waals surface area contributed by atoms with Gasteiger partial charge in [0.15, 0.2) is 0 Å². The van der Waals surface area contributed by atoms with E-state index in [2.05, 4.69) is 6.92 Å². The van der Waals surface area contributed by atoms with Gasteiger partial charge in [0.25, 0.3) is 0 Å². The van der Waals surface area contributed by atoms with Crippen LogP contribution in [-0.2, 0) is 5.88 Å². The number of hydrogen-bond acceptors (Lipinski definition) is 2. The maximum absolute atomic E-state index is 8.07. The van der Waals surface area contributed by atoms with E-state index < -0.39 is 0 Å². The van der Waals surface area contributed by atoms with Gasteiger partial charge in [-0.1, -0.05) is 43.7 Å². The average molecular weight is 218 g/mol. The van der Waals surface area contributed by atoms with Crippen molar-refractivity contribution in [3.8, 4) is 0 Å². The van der Waals surface area contributed by atoms with Crippen LogP contribution < -0.4 is 6.15 Å². The predicted molar refractivity (Wildman–Crippen MR) is 63.0 cm³/mol. The second-order valence-electron chi connectivity index (χ2n) is 2.70. The van der Waals surface area contributed by atoms with Crippen LogP contribution in [0.25, 0.3) is 0 Å². The first-order valence-electron chi connectivity index (χ1n) is 4.55. The van der Waals surface area contributed by atoms with E-state index in [1.807, 2.05) is 30.3 Å². The zero-order valence-electron chi connectivity index (χ0n) is 8.75. The van der Waals surface area contributed by atoms with Gasteiger partial charge in [-0.25, -0.2) is 0 Å². The van der Waals surface area contributed by atoms with Gasteiger partial charge in [0.1, 0.15) is 0 Å². The summed E-state index contributed by atoms with van der Waals surface area (Å²) in [5, 5.41) is 8.07. The summed E-state index contributed by atoms with van der Waals surface area (Å²) in [7, 11) is 0. The van der Waals surface area contributed by atoms with Crippen LogP contribution in [0.4, 0.5) is 0 Å². The number of aliphatic hydroxyl groups is 1. The molecule has 0 aliphatic carbocycles. The number of aliphatic hydroxyl groups excluding tert-OH is 1. The highest BCUT2D eigenvalue weighted by Gasteiger charge is 1.81. The van der Waals surface area contributed by atoms with Crippen molar-refractivity contribution in [1.82, 2.24) is 6.15 Å². The van der Waals surface area contributed by atoms with E-state index in [-0.39, 0.29) is 6.15 Å². The molecule has 0 aromatic heterocycles. The second kappa shape index (κ2) is 12.4. The largest absolute Gasteiger partial charge is 0.396 e. The minimum atomic E-state index is 0. The van der Waals surface area contributed by atoms with Crippen LogP contribution in [0.3, 0.4) is 0 Å². The average Bonchev–Trinajstić information content (AvgIpc) is 2.21. The molecule has 0 amide bonds. The summed E-state index contributed by atoms with van der Waals surface area (Å²) in [6.07, 6.45) is 2.04. The Morgan fingerprint density at radius 3 is 2.00 bits per heavy atom. The summed E-state index contributed by atoms with van der Waals surface area (Å²) < 4.78 is 0. The molecule has 0 aliphatic heterocycles. The van der Waals surface area contributed by atoms with Gasteiger partial charge in [-0.2, -0.15) is 0 Å². The van der Waals surface area contributed by atoms with Gasteiger partial charge in [0, 0.05) is 12.5 Å². The highest BCUT2D eigenvalue weighted by molar-refractivity contribution is 6.17. The number of hydrogen-bond donors (Lipinski definition) is 2. The van der Waals surface area contributed by atoms with Gasteiger partial charge in [-0.05, 0) is 12.0 Å². The summed E-state index contributed by atoms with van der Waals surface area (Å²) in [5.74, 6) is 0.612. The quantitative estimate of drug-likeness (QED) is 0.763. The van der Waals surface area contributed by atoms with Crippen LogP contribution in [0.1, 0.15) is 25.3 Å². The fourth-order valence-corrected chi connectivity index (χ4v) is 0.903. The normalized spacial score (nSPS) is 8.21. The predicted octanol–water partition coefficient (Wildman–Crippen LogP) is 3.37. The van der Waals surface area contributed by atoms with Crippen LogP contribution in [0, 0.1) is 0 Å². The highest BCUT2D eigenvalue weighted by atomic mass is 35.5. The Balaban J connectivity index is 0. The molecule has 0 saturated carbocycles. The van der Waals surface area contributed by atoms with Crippen LogP contribution in [0.2, 0.25) is 0 Å². The Bertz CT molecular complexity index is 190. The van der Waals surface area contributed by atoms with Crippen molar-refractivity contribution in [2.75, 3.05) is 6.61 Å². The molecule has 0 heterocycles. The zero-order chi connectivity index (χ0) is 9.94. The fraction of sp³-hybridized carbons (Fsp3) is 0.455. The lowest BCUT2D eigenvalue weighted by Gasteiger charge is -1.88. The van der Waals surface area contributed by atoms with Gasteiger partial charge < -0.3 is 11.3 Å². The number of rotatable bonds is 3. The molecule has 1 rings (SSSR count). The van der Waals surface area contributed by atoms with Crippen LogP contribution in [0.15, 0.2) is 30.3 Å². The van der Waals surface area contributed by atoms with Gasteiger partial charge in [-0.15, -0.1) is 11.6 Å². The lowest BCUT2D eigenvalue weighted by atomic mass is 10.2. The highest BCUT2D eigenvalue weighted by Crippen LogP contribution is 2.00. The Hall–Kier alpha value is -0.570. The smallest absolute Gasteiger partial charge is 0.0474 e. The van der Waals surface area contributed by atoms with Gasteiger partial charge >= 0.3 is 0 Å². The number of unbranched alkanes of at least 4 members (excludes halogenated alkanes) is 1. The first-order chi connectivity index (χ1) is 6.35. The van der Waals surface area contributed by atoms with Crippen LogP contribution in [0.5, 0.6) is 0 Å². The Morgan fingerprint density at radius 1 is 1.21 bits per heavy atom. The molecule has 0 radical (unpaired) electrons. The minimum absolute atomic E-state index is 0. The lowest BCUT2D eigenvalue weighted by molar-refractivity contribution is 0.287. The van der Waals surface area contributed by atoms with Crippen molar-refractivity contribution in [1.29, 1.82) is 0 Å². The summed E-state index contributed by atoms with van der Waals surface area (Å²) >= 11 is 5.53. The van der Waals surface area contributed by atoms with Gasteiger partial charge in [0.05, 0.1) is 0 Å². The van der Waals surface area contributed by atoms with Crippen molar-refractivity contribution in [2.45, 2.75) is 25.6 Å².